The lowest BCUT2D eigenvalue weighted by Gasteiger charge is -2.26. The van der Waals surface area contributed by atoms with Gasteiger partial charge in [0.2, 0.25) is 0 Å². The predicted octanol–water partition coefficient (Wildman–Crippen LogP) is 26.9. The van der Waals surface area contributed by atoms with Gasteiger partial charge in [-0.15, -0.1) is 0 Å². The van der Waals surface area contributed by atoms with Gasteiger partial charge >= 0.3 is 0 Å². The molecule has 0 N–H and O–H groups in total. The van der Waals surface area contributed by atoms with Crippen LogP contribution in [0, 0.1) is 0 Å². The lowest BCUT2D eigenvalue weighted by molar-refractivity contribution is 0.607. The molecule has 1 atom stereocenters. The fraction of sp³-hybridized carbons (Fsp3) is 0.286. The molecule has 12 aromatic rings. The summed E-state index contributed by atoms with van der Waals surface area (Å²) in [6, 6.07) is 114. The standard InChI is InChI=1S/C31H32.C29H44.C21H20.C17H14/c1-30(2,26-11-7-5-8-12-26)28-19-15-24(16-20-28)23-25-17-21-29(22-18-25)31(3,4)27-13-9-6-10-14-27;1-3-5-7-9-11-13-15-26-17-21-28(22-18-26)25-29-23-19-27(20-24-29)16-14-12-10-8-6-4-2;1-17(20-10-6-3-7-11-20)21-14-12-19(13-15-21)16-18-8-4-2-5-9-18;1-2-7-14(8-3-1)13-16-11-6-10-15-9-4-5-12-17(15)16/h5-22H,23H2,1-4H3;17-24H,3-16,25H2,1-2H3;2-15,17H,16H2,1H3;1-12H,13H2. The Balaban J connectivity index is 0.000000156. The Morgan fingerprint density at radius 3 is 0.939 bits per heavy atom. The smallest absolute Gasteiger partial charge is 0.0146 e. The summed E-state index contributed by atoms with van der Waals surface area (Å²) in [6.07, 6.45) is 23.0. The lowest BCUT2D eigenvalue weighted by atomic mass is 9.77. The highest BCUT2D eigenvalue weighted by Crippen LogP contribution is 2.34. The molecule has 98 heavy (non-hydrogen) atoms. The van der Waals surface area contributed by atoms with Crippen molar-refractivity contribution in [3.05, 3.63) is 404 Å². The van der Waals surface area contributed by atoms with Gasteiger partial charge in [0, 0.05) is 16.7 Å². The van der Waals surface area contributed by atoms with Crippen LogP contribution in [0.5, 0.6) is 0 Å². The molecular weight excluding hydrogens is 1180 g/mol. The van der Waals surface area contributed by atoms with Crippen molar-refractivity contribution in [2.45, 2.75) is 181 Å². The summed E-state index contributed by atoms with van der Waals surface area (Å²) in [4.78, 5) is 0. The summed E-state index contributed by atoms with van der Waals surface area (Å²) in [5, 5.41) is 2.68. The van der Waals surface area contributed by atoms with E-state index in [0.29, 0.717) is 5.92 Å². The molecule has 0 aliphatic carbocycles. The van der Waals surface area contributed by atoms with Crippen molar-refractivity contribution in [2.75, 3.05) is 0 Å². The number of fused-ring (bicyclic) bond motifs is 1. The molecule has 0 heteroatoms. The Morgan fingerprint density at radius 1 is 0.235 bits per heavy atom. The van der Waals surface area contributed by atoms with Crippen molar-refractivity contribution in [2.24, 2.45) is 0 Å². The molecule has 0 bridgehead atoms. The molecule has 12 rings (SSSR count). The zero-order valence-electron chi connectivity index (χ0n) is 60.3. The van der Waals surface area contributed by atoms with Crippen molar-refractivity contribution >= 4 is 10.8 Å². The summed E-state index contributed by atoms with van der Waals surface area (Å²) in [5.74, 6) is 0.442. The Bertz CT molecular complexity index is 3930. The first-order valence-corrected chi connectivity index (χ1v) is 37.1. The fourth-order valence-electron chi connectivity index (χ4n) is 13.4. The minimum atomic E-state index is 0.00442. The van der Waals surface area contributed by atoms with Crippen molar-refractivity contribution in [3.8, 4) is 0 Å². The fourth-order valence-corrected chi connectivity index (χ4v) is 13.4. The van der Waals surface area contributed by atoms with Gasteiger partial charge in [-0.3, -0.25) is 0 Å². The molecule has 0 amide bonds. The average molecular weight is 1290 g/mol. The summed E-state index contributed by atoms with van der Waals surface area (Å²) in [7, 11) is 0. The molecule has 0 heterocycles. The van der Waals surface area contributed by atoms with Gasteiger partial charge in [-0.25, -0.2) is 0 Å². The number of hydrogen-bond donors (Lipinski definition) is 0. The Hall–Kier alpha value is -9.10. The van der Waals surface area contributed by atoms with Gasteiger partial charge in [-0.1, -0.05) is 428 Å². The van der Waals surface area contributed by atoms with Crippen LogP contribution in [0.4, 0.5) is 0 Å². The third-order valence-corrected chi connectivity index (χ3v) is 20.0. The van der Waals surface area contributed by atoms with Crippen LogP contribution in [0.2, 0.25) is 0 Å². The van der Waals surface area contributed by atoms with E-state index in [0.717, 1.165) is 25.7 Å². The molecule has 0 aliphatic heterocycles. The normalized spacial score (nSPS) is 11.5. The first-order valence-electron chi connectivity index (χ1n) is 37.1. The molecule has 12 aromatic carbocycles. The molecule has 0 fully saturated rings. The first kappa shape index (κ1) is 73.2. The Kier molecular flexibility index (Phi) is 29.4. The van der Waals surface area contributed by atoms with E-state index in [1.54, 1.807) is 0 Å². The molecule has 0 aromatic heterocycles. The second kappa shape index (κ2) is 39.3. The van der Waals surface area contributed by atoms with Crippen LogP contribution in [-0.2, 0) is 49.4 Å². The summed E-state index contributed by atoms with van der Waals surface area (Å²) in [5.41, 5.74) is 22.2. The van der Waals surface area contributed by atoms with Crippen molar-refractivity contribution in [1.82, 2.24) is 0 Å². The van der Waals surface area contributed by atoms with Crippen LogP contribution in [-0.4, -0.2) is 0 Å². The lowest BCUT2D eigenvalue weighted by Crippen LogP contribution is -2.18. The van der Waals surface area contributed by atoms with Crippen molar-refractivity contribution in [1.29, 1.82) is 0 Å². The SMILES string of the molecule is CC(C)(c1ccccc1)c1ccc(Cc2ccc(C(C)(C)c3ccccc3)cc2)cc1.CC(c1ccccc1)c1ccc(Cc2ccccc2)cc1.CCCCCCCCc1ccc(Cc2ccc(CCCCCCCC)cc2)cc1.c1ccc(Cc2cccc3ccccc23)cc1. The van der Waals surface area contributed by atoms with E-state index in [1.165, 1.54) is 190 Å². The molecule has 0 spiro atoms. The zero-order valence-corrected chi connectivity index (χ0v) is 60.3. The molecule has 0 aliphatic rings. The van der Waals surface area contributed by atoms with E-state index in [2.05, 4.69) is 364 Å². The first-order chi connectivity index (χ1) is 47.9. The van der Waals surface area contributed by atoms with E-state index in [1.807, 2.05) is 0 Å². The minimum absolute atomic E-state index is 0.00442. The van der Waals surface area contributed by atoms with E-state index in [9.17, 15) is 0 Å². The minimum Gasteiger partial charge on any atom is -0.0654 e. The molecule has 0 radical (unpaired) electrons. The van der Waals surface area contributed by atoms with Crippen LogP contribution in [0.15, 0.2) is 315 Å². The maximum absolute atomic E-state index is 2.34. The Labute approximate surface area is 592 Å². The summed E-state index contributed by atoms with van der Waals surface area (Å²) in [6.45, 7) is 16.0. The van der Waals surface area contributed by atoms with Gasteiger partial charge in [0.15, 0.2) is 0 Å². The second-order valence-corrected chi connectivity index (χ2v) is 28.2. The quantitative estimate of drug-likeness (QED) is 0.0429. The average Bonchev–Trinajstić information content (AvgIpc) is 0.823. The van der Waals surface area contributed by atoms with Crippen molar-refractivity contribution in [3.63, 3.8) is 0 Å². The van der Waals surface area contributed by atoms with E-state index < -0.39 is 0 Å². The third-order valence-electron chi connectivity index (χ3n) is 20.0. The number of rotatable bonds is 28. The number of hydrogen-bond acceptors (Lipinski definition) is 0. The van der Waals surface area contributed by atoms with Gasteiger partial charge in [-0.05, 0) is 151 Å². The maximum atomic E-state index is 2.34. The Morgan fingerprint density at radius 2 is 0.520 bits per heavy atom. The van der Waals surface area contributed by atoms with Crippen LogP contribution in [0.25, 0.3) is 10.8 Å². The van der Waals surface area contributed by atoms with Gasteiger partial charge < -0.3 is 0 Å². The topological polar surface area (TPSA) is 0 Å². The second-order valence-electron chi connectivity index (χ2n) is 28.2. The zero-order chi connectivity index (χ0) is 68.5. The van der Waals surface area contributed by atoms with Crippen LogP contribution >= 0.6 is 0 Å². The number of unbranched alkanes of at least 4 members (excludes halogenated alkanes) is 10. The highest BCUT2D eigenvalue weighted by molar-refractivity contribution is 5.86. The van der Waals surface area contributed by atoms with Gasteiger partial charge in [0.25, 0.3) is 0 Å². The highest BCUT2D eigenvalue weighted by Gasteiger charge is 2.24. The third kappa shape index (κ3) is 23.3. The number of aryl methyl sites for hydroxylation is 2. The monoisotopic (exact) mass is 1290 g/mol. The molecule has 1 unspecified atom stereocenters. The molecular formula is C98H110. The van der Waals surface area contributed by atoms with Gasteiger partial charge in [0.1, 0.15) is 0 Å². The molecule has 0 saturated carbocycles. The van der Waals surface area contributed by atoms with E-state index in [4.69, 9.17) is 0 Å². The maximum Gasteiger partial charge on any atom is 0.0146 e. The van der Waals surface area contributed by atoms with E-state index >= 15 is 0 Å². The largest absolute Gasteiger partial charge is 0.0654 e. The van der Waals surface area contributed by atoms with Crippen LogP contribution in [0.1, 0.15) is 220 Å². The van der Waals surface area contributed by atoms with Crippen LogP contribution < -0.4 is 0 Å². The van der Waals surface area contributed by atoms with Crippen LogP contribution in [0.3, 0.4) is 0 Å². The van der Waals surface area contributed by atoms with Gasteiger partial charge in [-0.2, -0.15) is 0 Å². The molecule has 502 valence electrons. The predicted molar refractivity (Wildman–Crippen MR) is 426 cm³/mol. The summed E-state index contributed by atoms with van der Waals surface area (Å²) >= 11 is 0. The molecule has 0 nitrogen and oxygen atoms in total. The molecule has 0 saturated heterocycles. The van der Waals surface area contributed by atoms with E-state index in [-0.39, 0.29) is 10.8 Å². The van der Waals surface area contributed by atoms with Crippen molar-refractivity contribution < 1.29 is 0 Å². The van der Waals surface area contributed by atoms with Gasteiger partial charge in [0.05, 0.1) is 0 Å². The highest BCUT2D eigenvalue weighted by atomic mass is 14.3. The summed E-state index contributed by atoms with van der Waals surface area (Å²) < 4.78 is 0. The number of benzene rings is 12.